The Bertz CT molecular complexity index is 418. The molecule has 0 fully saturated rings. The zero-order chi connectivity index (χ0) is 14.3. The van der Waals surface area contributed by atoms with Crippen molar-refractivity contribution in [3.8, 4) is 0 Å². The molecule has 1 amide bonds. The lowest BCUT2D eigenvalue weighted by atomic mass is 10.3. The lowest BCUT2D eigenvalue weighted by Crippen LogP contribution is -2.41. The van der Waals surface area contributed by atoms with Crippen LogP contribution in [0.3, 0.4) is 0 Å². The minimum atomic E-state index is -3.04. The predicted molar refractivity (Wildman–Crippen MR) is 81.1 cm³/mol. The molecule has 0 aliphatic carbocycles. The molecule has 0 heterocycles. The van der Waals surface area contributed by atoms with E-state index in [4.69, 9.17) is 17.3 Å². The normalized spacial score (nSPS) is 10.8. The number of amides is 1. The van der Waals surface area contributed by atoms with Crippen molar-refractivity contribution in [3.63, 3.8) is 0 Å². The fourth-order valence-corrected chi connectivity index (χ4v) is 2.16. The summed E-state index contributed by atoms with van der Waals surface area (Å²) in [7, 11) is 0. The SMILES string of the molecule is Cl.NCC(F)(F)CNC(=O)CCSc1ccc(Cl)cc1. The number of nitrogens with two attached hydrogens (primary N) is 1. The van der Waals surface area contributed by atoms with Crippen LogP contribution in [0, 0.1) is 0 Å². The van der Waals surface area contributed by atoms with Gasteiger partial charge in [-0.3, -0.25) is 4.79 Å². The van der Waals surface area contributed by atoms with E-state index in [1.54, 1.807) is 12.1 Å². The van der Waals surface area contributed by atoms with Crippen LogP contribution in [0.1, 0.15) is 6.42 Å². The second kappa shape index (κ2) is 9.39. The molecule has 0 aliphatic heterocycles. The highest BCUT2D eigenvalue weighted by molar-refractivity contribution is 7.99. The molecule has 0 bridgehead atoms. The Labute approximate surface area is 132 Å². The summed E-state index contributed by atoms with van der Waals surface area (Å²) in [6.45, 7) is -1.49. The summed E-state index contributed by atoms with van der Waals surface area (Å²) in [6.07, 6.45) is 0.175. The van der Waals surface area contributed by atoms with Gasteiger partial charge in [-0.25, -0.2) is 8.78 Å². The largest absolute Gasteiger partial charge is 0.350 e. The molecular weight excluding hydrogens is 329 g/mol. The lowest BCUT2D eigenvalue weighted by molar-refractivity contribution is -0.122. The van der Waals surface area contributed by atoms with Crippen LogP contribution < -0.4 is 11.1 Å². The highest BCUT2D eigenvalue weighted by Crippen LogP contribution is 2.20. The standard InChI is InChI=1S/C12H15ClF2N2OS.ClH/c13-9-1-3-10(4-2-9)19-6-5-11(18)17-8-12(14,15)7-16;/h1-4H,5-8,16H2,(H,17,18);1H. The Morgan fingerprint density at radius 1 is 1.35 bits per heavy atom. The Hall–Kier alpha value is -0.560. The molecule has 0 spiro atoms. The Balaban J connectivity index is 0.00000361. The average molecular weight is 345 g/mol. The summed E-state index contributed by atoms with van der Waals surface area (Å²) in [5.74, 6) is -2.93. The maximum Gasteiger partial charge on any atom is 0.277 e. The molecule has 1 rings (SSSR count). The predicted octanol–water partition coefficient (Wildman–Crippen LogP) is 2.95. The second-order valence-corrected chi connectivity index (χ2v) is 5.49. The molecule has 0 saturated heterocycles. The van der Waals surface area contributed by atoms with Crippen LogP contribution in [-0.4, -0.2) is 30.7 Å². The van der Waals surface area contributed by atoms with E-state index in [-0.39, 0.29) is 18.8 Å². The van der Waals surface area contributed by atoms with E-state index in [1.165, 1.54) is 11.8 Å². The second-order valence-electron chi connectivity index (χ2n) is 3.89. The van der Waals surface area contributed by atoms with E-state index < -0.39 is 24.9 Å². The zero-order valence-electron chi connectivity index (χ0n) is 10.6. The number of hydrogen-bond donors (Lipinski definition) is 2. The van der Waals surface area contributed by atoms with Crippen molar-refractivity contribution in [2.75, 3.05) is 18.8 Å². The molecule has 114 valence electrons. The third-order valence-corrected chi connectivity index (χ3v) is 3.52. The fraction of sp³-hybridized carbons (Fsp3) is 0.417. The van der Waals surface area contributed by atoms with Gasteiger partial charge in [-0.1, -0.05) is 11.6 Å². The van der Waals surface area contributed by atoms with Gasteiger partial charge < -0.3 is 11.1 Å². The van der Waals surface area contributed by atoms with Crippen LogP contribution in [0.5, 0.6) is 0 Å². The Morgan fingerprint density at radius 2 is 1.95 bits per heavy atom. The number of benzene rings is 1. The first kappa shape index (κ1) is 19.4. The minimum Gasteiger partial charge on any atom is -0.350 e. The Kier molecular flexibility index (Phi) is 9.13. The molecule has 0 aromatic heterocycles. The quantitative estimate of drug-likeness (QED) is 0.747. The van der Waals surface area contributed by atoms with Gasteiger partial charge in [0, 0.05) is 22.1 Å². The number of thioether (sulfide) groups is 1. The summed E-state index contributed by atoms with van der Waals surface area (Å²) in [4.78, 5) is 12.3. The number of carbonyl (C=O) groups excluding carboxylic acids is 1. The van der Waals surface area contributed by atoms with E-state index >= 15 is 0 Å². The van der Waals surface area contributed by atoms with E-state index in [0.29, 0.717) is 10.8 Å². The van der Waals surface area contributed by atoms with Gasteiger partial charge in [-0.05, 0) is 24.3 Å². The topological polar surface area (TPSA) is 55.1 Å². The molecule has 1 aromatic rings. The number of alkyl halides is 2. The number of nitrogens with one attached hydrogen (secondary N) is 1. The van der Waals surface area contributed by atoms with Crippen LogP contribution >= 0.6 is 35.8 Å². The summed E-state index contributed by atoms with van der Waals surface area (Å²) in [5.41, 5.74) is 4.86. The first-order valence-electron chi connectivity index (χ1n) is 5.66. The van der Waals surface area contributed by atoms with E-state index in [2.05, 4.69) is 5.32 Å². The van der Waals surface area contributed by atoms with Crippen LogP contribution in [0.2, 0.25) is 5.02 Å². The maximum atomic E-state index is 12.8. The Morgan fingerprint density at radius 3 is 2.50 bits per heavy atom. The van der Waals surface area contributed by atoms with Gasteiger partial charge in [0.2, 0.25) is 5.91 Å². The first-order valence-corrected chi connectivity index (χ1v) is 7.02. The van der Waals surface area contributed by atoms with Crippen LogP contribution in [0.4, 0.5) is 8.78 Å². The smallest absolute Gasteiger partial charge is 0.277 e. The minimum absolute atomic E-state index is 0. The van der Waals surface area contributed by atoms with Crippen LogP contribution in [-0.2, 0) is 4.79 Å². The molecule has 8 heteroatoms. The maximum absolute atomic E-state index is 12.8. The summed E-state index contributed by atoms with van der Waals surface area (Å²) in [5, 5.41) is 2.81. The molecule has 0 unspecified atom stereocenters. The van der Waals surface area contributed by atoms with Gasteiger partial charge in [-0.2, -0.15) is 0 Å². The van der Waals surface area contributed by atoms with Gasteiger partial charge in [0.25, 0.3) is 5.92 Å². The molecular formula is C12H16Cl2F2N2OS. The number of halogens is 4. The van der Waals surface area contributed by atoms with Crippen molar-refractivity contribution >= 4 is 41.7 Å². The molecule has 20 heavy (non-hydrogen) atoms. The van der Waals surface area contributed by atoms with Crippen molar-refractivity contribution in [1.29, 1.82) is 0 Å². The van der Waals surface area contributed by atoms with Gasteiger partial charge in [0.1, 0.15) is 0 Å². The summed E-state index contributed by atoms with van der Waals surface area (Å²) >= 11 is 7.20. The van der Waals surface area contributed by atoms with E-state index in [1.807, 2.05) is 12.1 Å². The number of rotatable bonds is 7. The molecule has 3 N–H and O–H groups in total. The van der Waals surface area contributed by atoms with Gasteiger partial charge in [0.15, 0.2) is 0 Å². The third kappa shape index (κ3) is 7.89. The molecule has 0 aliphatic rings. The number of hydrogen-bond acceptors (Lipinski definition) is 3. The van der Waals surface area contributed by atoms with E-state index in [0.717, 1.165) is 4.90 Å². The lowest BCUT2D eigenvalue weighted by Gasteiger charge is -2.14. The highest BCUT2D eigenvalue weighted by Gasteiger charge is 2.26. The zero-order valence-corrected chi connectivity index (χ0v) is 13.0. The average Bonchev–Trinajstić information content (AvgIpc) is 2.39. The number of carbonyl (C=O) groups is 1. The molecule has 0 atom stereocenters. The molecule has 0 radical (unpaired) electrons. The highest BCUT2D eigenvalue weighted by atomic mass is 35.5. The third-order valence-electron chi connectivity index (χ3n) is 2.25. The molecule has 1 aromatic carbocycles. The van der Waals surface area contributed by atoms with Crippen molar-refractivity contribution in [2.24, 2.45) is 5.73 Å². The summed E-state index contributed by atoms with van der Waals surface area (Å²) in [6, 6.07) is 7.19. The van der Waals surface area contributed by atoms with Crippen molar-refractivity contribution < 1.29 is 13.6 Å². The van der Waals surface area contributed by atoms with Crippen molar-refractivity contribution in [3.05, 3.63) is 29.3 Å². The van der Waals surface area contributed by atoms with Crippen LogP contribution in [0.15, 0.2) is 29.2 Å². The van der Waals surface area contributed by atoms with Crippen molar-refractivity contribution in [1.82, 2.24) is 5.32 Å². The monoisotopic (exact) mass is 344 g/mol. The summed E-state index contributed by atoms with van der Waals surface area (Å²) < 4.78 is 25.6. The first-order chi connectivity index (χ1) is 8.93. The molecule has 0 saturated carbocycles. The molecule has 3 nitrogen and oxygen atoms in total. The van der Waals surface area contributed by atoms with Crippen molar-refractivity contribution in [2.45, 2.75) is 17.2 Å². The van der Waals surface area contributed by atoms with Crippen LogP contribution in [0.25, 0.3) is 0 Å². The van der Waals surface area contributed by atoms with Gasteiger partial charge in [-0.15, -0.1) is 24.2 Å². The van der Waals surface area contributed by atoms with E-state index in [9.17, 15) is 13.6 Å². The van der Waals surface area contributed by atoms with Gasteiger partial charge >= 0.3 is 0 Å². The fourth-order valence-electron chi connectivity index (χ4n) is 1.18. The van der Waals surface area contributed by atoms with Gasteiger partial charge in [0.05, 0.1) is 13.1 Å².